The average Bonchev–Trinajstić information content (AvgIpc) is 2.41. The molecule has 0 spiro atoms. The van der Waals surface area contributed by atoms with Gasteiger partial charge in [0.25, 0.3) is 0 Å². The molecular weight excluding hydrogens is 228 g/mol. The minimum absolute atomic E-state index is 0.0455. The smallest absolute Gasteiger partial charge is 0.333 e. The van der Waals surface area contributed by atoms with Gasteiger partial charge in [-0.05, 0) is 18.9 Å². The monoisotopic (exact) mass is 246 g/mol. The molecule has 0 bridgehead atoms. The van der Waals surface area contributed by atoms with Crippen LogP contribution in [0, 0.1) is 0 Å². The molecule has 3 heteroatoms. The predicted octanol–water partition coefficient (Wildman–Crippen LogP) is 2.57. The lowest BCUT2D eigenvalue weighted by Gasteiger charge is -2.01. The molecule has 1 rings (SSSR count). The second-order valence-corrected chi connectivity index (χ2v) is 3.80. The average molecular weight is 246 g/mol. The molecule has 0 saturated carbocycles. The first-order chi connectivity index (χ1) is 8.74. The van der Waals surface area contributed by atoms with Crippen LogP contribution in [0.2, 0.25) is 0 Å². The molecule has 0 aliphatic rings. The molecular formula is C15H18O3. The van der Waals surface area contributed by atoms with E-state index in [9.17, 15) is 4.79 Å². The molecule has 0 amide bonds. The number of hydrogen-bond acceptors (Lipinski definition) is 3. The number of ether oxygens (including phenoxy) is 1. The summed E-state index contributed by atoms with van der Waals surface area (Å²) in [5, 5.41) is 8.53. The fourth-order valence-corrected chi connectivity index (χ4v) is 1.35. The third kappa shape index (κ3) is 5.46. The van der Waals surface area contributed by atoms with E-state index in [1.165, 1.54) is 0 Å². The summed E-state index contributed by atoms with van der Waals surface area (Å²) in [5.41, 5.74) is 1.69. The first-order valence-electron chi connectivity index (χ1n) is 5.90. The number of aliphatic hydroxyl groups is 1. The Hall–Kier alpha value is -1.87. The van der Waals surface area contributed by atoms with Crippen LogP contribution in [0.15, 0.2) is 48.1 Å². The van der Waals surface area contributed by atoms with Gasteiger partial charge in [-0.1, -0.05) is 48.6 Å². The number of esters is 1. The van der Waals surface area contributed by atoms with Crippen LogP contribution in [-0.4, -0.2) is 24.3 Å². The van der Waals surface area contributed by atoms with E-state index in [0.717, 1.165) is 5.56 Å². The molecule has 3 nitrogen and oxygen atoms in total. The second-order valence-electron chi connectivity index (χ2n) is 3.80. The fourth-order valence-electron chi connectivity index (χ4n) is 1.35. The van der Waals surface area contributed by atoms with Gasteiger partial charge < -0.3 is 9.84 Å². The lowest BCUT2D eigenvalue weighted by molar-refractivity contribution is -0.139. The Morgan fingerprint density at radius 1 is 1.33 bits per heavy atom. The lowest BCUT2D eigenvalue weighted by Crippen LogP contribution is -2.09. The van der Waals surface area contributed by atoms with Crippen LogP contribution in [-0.2, 0) is 9.53 Å². The van der Waals surface area contributed by atoms with E-state index in [0.29, 0.717) is 12.0 Å². The summed E-state index contributed by atoms with van der Waals surface area (Å²) in [7, 11) is 0. The number of rotatable bonds is 6. The number of carbonyl (C=O) groups is 1. The van der Waals surface area contributed by atoms with Crippen LogP contribution in [0.4, 0.5) is 0 Å². The van der Waals surface area contributed by atoms with Crippen molar-refractivity contribution in [2.75, 3.05) is 13.2 Å². The molecule has 0 saturated heterocycles. The van der Waals surface area contributed by atoms with Crippen LogP contribution in [0.5, 0.6) is 0 Å². The Morgan fingerprint density at radius 3 is 2.72 bits per heavy atom. The maximum Gasteiger partial charge on any atom is 0.333 e. The summed E-state index contributed by atoms with van der Waals surface area (Å²) >= 11 is 0. The summed E-state index contributed by atoms with van der Waals surface area (Å²) in [6, 6.07) is 9.96. The number of carbonyl (C=O) groups excluding carboxylic acids is 1. The second kappa shape index (κ2) is 8.25. The van der Waals surface area contributed by atoms with Crippen molar-refractivity contribution in [2.24, 2.45) is 0 Å². The van der Waals surface area contributed by atoms with Crippen molar-refractivity contribution in [3.8, 4) is 0 Å². The van der Waals surface area contributed by atoms with Crippen molar-refractivity contribution in [2.45, 2.75) is 13.3 Å². The van der Waals surface area contributed by atoms with Crippen LogP contribution < -0.4 is 0 Å². The molecule has 0 atom stereocenters. The van der Waals surface area contributed by atoms with Gasteiger partial charge in [0.1, 0.15) is 6.61 Å². The Kier molecular flexibility index (Phi) is 6.51. The highest BCUT2D eigenvalue weighted by atomic mass is 16.5. The molecule has 0 heterocycles. The number of aliphatic hydroxyl groups excluding tert-OH is 1. The Bertz CT molecular complexity index is 419. The molecule has 96 valence electrons. The first kappa shape index (κ1) is 14.2. The standard InChI is InChI=1S/C15H18O3/c1-13(15(17)18-12-11-16)7-5-6-10-14-8-3-2-4-9-14/h2-4,6-10,16H,5,11-12H2,1H3/b10-6+,13-7?. The third-order valence-electron chi connectivity index (χ3n) is 2.32. The zero-order valence-corrected chi connectivity index (χ0v) is 10.5. The van der Waals surface area contributed by atoms with Gasteiger partial charge in [-0.25, -0.2) is 4.79 Å². The van der Waals surface area contributed by atoms with Gasteiger partial charge in [0.15, 0.2) is 0 Å². The van der Waals surface area contributed by atoms with E-state index in [4.69, 9.17) is 9.84 Å². The van der Waals surface area contributed by atoms with Gasteiger partial charge in [-0.15, -0.1) is 0 Å². The Balaban J connectivity index is 2.40. The van der Waals surface area contributed by atoms with Crippen molar-refractivity contribution in [1.82, 2.24) is 0 Å². The summed E-state index contributed by atoms with van der Waals surface area (Å²) in [6.45, 7) is 1.60. The molecule has 0 fully saturated rings. The Labute approximate surface area is 107 Å². The summed E-state index contributed by atoms with van der Waals surface area (Å²) in [5.74, 6) is -0.378. The quantitative estimate of drug-likeness (QED) is 0.620. The SMILES string of the molecule is CC(=CC/C=C/c1ccccc1)C(=O)OCCO. The van der Waals surface area contributed by atoms with E-state index in [2.05, 4.69) is 0 Å². The summed E-state index contributed by atoms with van der Waals surface area (Å²) in [6.07, 6.45) is 6.47. The van der Waals surface area contributed by atoms with Crippen LogP contribution in [0.25, 0.3) is 6.08 Å². The fraction of sp³-hybridized carbons (Fsp3) is 0.267. The van der Waals surface area contributed by atoms with Crippen LogP contribution in [0.3, 0.4) is 0 Å². The minimum Gasteiger partial charge on any atom is -0.460 e. The van der Waals surface area contributed by atoms with Gasteiger partial charge in [-0.3, -0.25) is 0 Å². The zero-order valence-electron chi connectivity index (χ0n) is 10.5. The number of allylic oxidation sites excluding steroid dienone is 2. The van der Waals surface area contributed by atoms with E-state index in [1.807, 2.05) is 42.5 Å². The largest absolute Gasteiger partial charge is 0.460 e. The molecule has 1 N–H and O–H groups in total. The third-order valence-corrected chi connectivity index (χ3v) is 2.32. The molecule has 0 aliphatic heterocycles. The molecule has 0 aromatic heterocycles. The highest BCUT2D eigenvalue weighted by Crippen LogP contribution is 2.04. The van der Waals surface area contributed by atoms with E-state index in [-0.39, 0.29) is 19.2 Å². The summed E-state index contributed by atoms with van der Waals surface area (Å²) in [4.78, 5) is 11.3. The highest BCUT2D eigenvalue weighted by molar-refractivity contribution is 5.87. The predicted molar refractivity (Wildman–Crippen MR) is 71.9 cm³/mol. The van der Waals surface area contributed by atoms with Crippen molar-refractivity contribution >= 4 is 12.0 Å². The van der Waals surface area contributed by atoms with E-state index in [1.54, 1.807) is 13.0 Å². The topological polar surface area (TPSA) is 46.5 Å². The maximum atomic E-state index is 11.3. The van der Waals surface area contributed by atoms with Gasteiger partial charge in [0.05, 0.1) is 6.61 Å². The minimum atomic E-state index is -0.378. The van der Waals surface area contributed by atoms with Crippen LogP contribution in [0.1, 0.15) is 18.9 Å². The summed E-state index contributed by atoms with van der Waals surface area (Å²) < 4.78 is 4.79. The molecule has 0 radical (unpaired) electrons. The lowest BCUT2D eigenvalue weighted by atomic mass is 10.2. The maximum absolute atomic E-state index is 11.3. The molecule has 0 aliphatic carbocycles. The molecule has 18 heavy (non-hydrogen) atoms. The highest BCUT2D eigenvalue weighted by Gasteiger charge is 2.03. The molecule has 1 aromatic rings. The molecule has 1 aromatic carbocycles. The van der Waals surface area contributed by atoms with Crippen molar-refractivity contribution in [3.05, 3.63) is 53.6 Å². The molecule has 0 unspecified atom stereocenters. The van der Waals surface area contributed by atoms with Crippen LogP contribution >= 0.6 is 0 Å². The zero-order chi connectivity index (χ0) is 13.2. The van der Waals surface area contributed by atoms with Crippen molar-refractivity contribution in [1.29, 1.82) is 0 Å². The van der Waals surface area contributed by atoms with Crippen molar-refractivity contribution < 1.29 is 14.6 Å². The first-order valence-corrected chi connectivity index (χ1v) is 5.90. The normalized spacial score (nSPS) is 11.8. The van der Waals surface area contributed by atoms with E-state index >= 15 is 0 Å². The Morgan fingerprint density at radius 2 is 2.06 bits per heavy atom. The number of benzene rings is 1. The van der Waals surface area contributed by atoms with Gasteiger partial charge in [-0.2, -0.15) is 0 Å². The van der Waals surface area contributed by atoms with Gasteiger partial charge in [0.2, 0.25) is 0 Å². The van der Waals surface area contributed by atoms with Crippen molar-refractivity contribution in [3.63, 3.8) is 0 Å². The number of hydrogen-bond donors (Lipinski definition) is 1. The van der Waals surface area contributed by atoms with E-state index < -0.39 is 0 Å². The van der Waals surface area contributed by atoms with Gasteiger partial charge in [0, 0.05) is 5.57 Å². The van der Waals surface area contributed by atoms with Gasteiger partial charge >= 0.3 is 5.97 Å².